The molecule has 13 heteroatoms. The zero-order valence-corrected chi connectivity index (χ0v) is 16.6. The van der Waals surface area contributed by atoms with Gasteiger partial charge in [0.15, 0.2) is 9.84 Å². The normalized spacial score (nSPS) is 12.5. The maximum absolute atomic E-state index is 12.4. The van der Waals surface area contributed by atoms with Gasteiger partial charge in [-0.15, -0.1) is 0 Å². The van der Waals surface area contributed by atoms with Crippen LogP contribution >= 0.6 is 0 Å². The number of aryl methyl sites for hydroxylation is 1. The van der Waals surface area contributed by atoms with E-state index in [9.17, 15) is 29.8 Å². The van der Waals surface area contributed by atoms with Crippen LogP contribution < -0.4 is 0 Å². The number of hydrogen-bond donors (Lipinski definition) is 2. The predicted molar refractivity (Wildman–Crippen MR) is 101 cm³/mol. The fraction of sp³-hybridized carbons (Fsp3) is 0.214. The zero-order valence-electron chi connectivity index (χ0n) is 14.2. The van der Waals surface area contributed by atoms with Crippen molar-refractivity contribution >= 4 is 56.5 Å². The molecular formula is C14H16BeO9S3. The fourth-order valence-corrected chi connectivity index (χ4v) is 5.03. The van der Waals surface area contributed by atoms with E-state index < -0.39 is 47.6 Å². The molecule has 2 N–H and O–H groups in total. The van der Waals surface area contributed by atoms with E-state index in [-0.39, 0.29) is 21.2 Å². The summed E-state index contributed by atoms with van der Waals surface area (Å²) in [4.78, 5) is -0.662. The summed E-state index contributed by atoms with van der Waals surface area (Å²) in [5, 5.41) is 0.0619. The van der Waals surface area contributed by atoms with Gasteiger partial charge < -0.3 is 0 Å². The molecule has 0 heterocycles. The molecule has 0 aliphatic heterocycles. The standard InChI is InChI=1S/C13H14O9S3.CH2.Be/c1-9-5-6-10-11(13(9)24(16,17)18)3-2-4-12(10)23(14,15)8-7-22-25(19,20)21;;/h2-6H,7-8H2,1H3,(H,16,17,18)(H,19,20,21);1H2;. The summed E-state index contributed by atoms with van der Waals surface area (Å²) in [5.74, 6) is -0.763. The van der Waals surface area contributed by atoms with E-state index in [0.717, 1.165) is 0 Å². The van der Waals surface area contributed by atoms with Gasteiger partial charge in [-0.2, -0.15) is 16.8 Å². The molecule has 0 unspecified atom stereocenters. The Kier molecular flexibility index (Phi) is 7.53. The Hall–Kier alpha value is -1.53. The molecule has 0 aliphatic carbocycles. The van der Waals surface area contributed by atoms with Crippen LogP contribution in [0, 0.1) is 6.92 Å². The molecule has 0 saturated heterocycles. The van der Waals surface area contributed by atoms with Crippen molar-refractivity contribution < 1.29 is 38.5 Å². The van der Waals surface area contributed by atoms with Gasteiger partial charge in [0.2, 0.25) is 0 Å². The zero-order chi connectivity index (χ0) is 21.0. The van der Waals surface area contributed by atoms with Crippen LogP contribution in [0.2, 0.25) is 0 Å². The molecule has 146 valence electrons. The second-order valence-corrected chi connectivity index (χ2v) is 9.63. The van der Waals surface area contributed by atoms with Crippen LogP contribution in [-0.4, -0.2) is 62.1 Å². The summed E-state index contributed by atoms with van der Waals surface area (Å²) in [7, 11) is -10.4. The first-order valence-corrected chi connectivity index (χ1v) is 11.6. The van der Waals surface area contributed by atoms with Gasteiger partial charge in [0, 0.05) is 10.8 Å². The summed E-state index contributed by atoms with van der Waals surface area (Å²) in [6.45, 7) is 0.637. The minimum atomic E-state index is -4.78. The van der Waals surface area contributed by atoms with Gasteiger partial charge in [0.05, 0.1) is 17.3 Å². The summed E-state index contributed by atoms with van der Waals surface area (Å²) < 4.78 is 90.9. The molecule has 2 aromatic carbocycles. The van der Waals surface area contributed by atoms with Crippen LogP contribution in [0.25, 0.3) is 10.8 Å². The van der Waals surface area contributed by atoms with Crippen LogP contribution in [0.4, 0.5) is 0 Å². The first-order valence-electron chi connectivity index (χ1n) is 7.17. The SMILES string of the molecule is Cc1ccc2c(S(=O)(=O)CCOS(=O)(=O)O)cccc2c1S(=O)(=O)O.[Be]=[CH2]. The van der Waals surface area contributed by atoms with Crippen molar-refractivity contribution in [3.63, 3.8) is 0 Å². The Labute approximate surface area is 160 Å². The third-order valence-electron chi connectivity index (χ3n) is 3.35. The summed E-state index contributed by atoms with van der Waals surface area (Å²) in [5.41, 5.74) is 0.235. The maximum atomic E-state index is 12.4. The van der Waals surface area contributed by atoms with E-state index in [0.29, 0.717) is 0 Å². The van der Waals surface area contributed by atoms with Crippen molar-refractivity contribution in [3.8, 4) is 0 Å². The number of rotatable bonds is 6. The molecule has 0 radical (unpaired) electrons. The van der Waals surface area contributed by atoms with Crippen molar-refractivity contribution in [3.05, 3.63) is 35.9 Å². The molecule has 0 aromatic heterocycles. The van der Waals surface area contributed by atoms with E-state index in [1.807, 2.05) is 0 Å². The Morgan fingerprint density at radius 3 is 2.07 bits per heavy atom. The Morgan fingerprint density at radius 2 is 1.56 bits per heavy atom. The topological polar surface area (TPSA) is 152 Å². The molecule has 0 bridgehead atoms. The van der Waals surface area contributed by atoms with Crippen LogP contribution in [-0.2, 0) is 34.5 Å². The Bertz CT molecular complexity index is 1150. The molecule has 0 spiro atoms. The monoisotopic (exact) mass is 433 g/mol. The van der Waals surface area contributed by atoms with E-state index in [4.69, 9.17) is 4.55 Å². The van der Waals surface area contributed by atoms with Gasteiger partial charge in [0.1, 0.15) is 4.90 Å². The molecular weight excluding hydrogens is 417 g/mol. The number of benzene rings is 2. The van der Waals surface area contributed by atoms with E-state index in [2.05, 4.69) is 19.5 Å². The van der Waals surface area contributed by atoms with Gasteiger partial charge in [-0.1, -0.05) is 24.3 Å². The molecule has 0 amide bonds. The first kappa shape index (κ1) is 23.5. The van der Waals surface area contributed by atoms with Gasteiger partial charge in [-0.25, -0.2) is 12.6 Å². The van der Waals surface area contributed by atoms with E-state index in [1.54, 1.807) is 0 Å². The minimum absolute atomic E-state index is 0.0132. The third-order valence-corrected chi connectivity index (χ3v) is 6.60. The van der Waals surface area contributed by atoms with Crippen LogP contribution in [0.15, 0.2) is 40.1 Å². The molecule has 0 atom stereocenters. The van der Waals surface area contributed by atoms with E-state index in [1.165, 1.54) is 37.3 Å². The molecule has 0 aliphatic rings. The second kappa shape index (κ2) is 8.65. The van der Waals surface area contributed by atoms with Crippen molar-refractivity contribution in [2.45, 2.75) is 16.7 Å². The van der Waals surface area contributed by atoms with Crippen LogP contribution in [0.1, 0.15) is 5.56 Å². The molecule has 0 saturated carbocycles. The third kappa shape index (κ3) is 5.98. The van der Waals surface area contributed by atoms with Crippen molar-refractivity contribution in [2.75, 3.05) is 12.4 Å². The average molecular weight is 433 g/mol. The van der Waals surface area contributed by atoms with Crippen LogP contribution in [0.5, 0.6) is 0 Å². The average Bonchev–Trinajstić information content (AvgIpc) is 2.53. The predicted octanol–water partition coefficient (Wildman–Crippen LogP) is 0.575. The number of hydrogen-bond acceptors (Lipinski definition) is 7. The molecule has 0 fully saturated rings. The van der Waals surface area contributed by atoms with E-state index >= 15 is 0 Å². The molecule has 2 rings (SSSR count). The molecule has 9 nitrogen and oxygen atoms in total. The summed E-state index contributed by atoms with van der Waals surface area (Å²) >= 11 is 0. The van der Waals surface area contributed by atoms with Gasteiger partial charge in [-0.05, 0) is 18.6 Å². The second-order valence-electron chi connectivity index (χ2n) is 5.11. The van der Waals surface area contributed by atoms with Gasteiger partial charge in [-0.3, -0.25) is 9.11 Å². The number of fused-ring (bicyclic) bond motifs is 1. The first-order chi connectivity index (χ1) is 12.3. The van der Waals surface area contributed by atoms with Crippen molar-refractivity contribution in [1.82, 2.24) is 0 Å². The Morgan fingerprint density at radius 1 is 0.963 bits per heavy atom. The van der Waals surface area contributed by atoms with Crippen LogP contribution in [0.3, 0.4) is 0 Å². The van der Waals surface area contributed by atoms with Gasteiger partial charge >= 0.3 is 25.7 Å². The fourth-order valence-electron chi connectivity index (χ4n) is 2.38. The quantitative estimate of drug-likeness (QED) is 0.492. The molecule has 2 aromatic rings. The Balaban J connectivity index is 0.00000176. The number of sulfone groups is 1. The van der Waals surface area contributed by atoms with Crippen molar-refractivity contribution in [2.24, 2.45) is 0 Å². The summed E-state index contributed by atoms with van der Waals surface area (Å²) in [6.07, 6.45) is 3.00. The van der Waals surface area contributed by atoms with Crippen molar-refractivity contribution in [1.29, 1.82) is 0 Å². The summed E-state index contributed by atoms with van der Waals surface area (Å²) in [6, 6.07) is 6.59. The molecule has 27 heavy (non-hydrogen) atoms. The van der Waals surface area contributed by atoms with Gasteiger partial charge in [0.25, 0.3) is 10.1 Å².